The highest BCUT2D eigenvalue weighted by Gasteiger charge is 2.22. The highest BCUT2D eigenvalue weighted by atomic mass is 16.6. The number of nitrogens with zero attached hydrogens (tertiary/aromatic N) is 2. The summed E-state index contributed by atoms with van der Waals surface area (Å²) in [5, 5.41) is 16.8. The fraction of sp³-hybridized carbons (Fsp3) is 0.381. The molecule has 1 aliphatic rings. The van der Waals surface area contributed by atoms with Gasteiger partial charge in [-0.2, -0.15) is 0 Å². The minimum Gasteiger partial charge on any atom is -0.371 e. The van der Waals surface area contributed by atoms with Crippen LogP contribution in [0.15, 0.2) is 42.5 Å². The van der Waals surface area contributed by atoms with E-state index < -0.39 is 0 Å². The number of hydrogen-bond donors (Lipinski definition) is 2. The number of urea groups is 1. The molecule has 1 saturated heterocycles. The quantitative estimate of drug-likeness (QED) is 0.598. The van der Waals surface area contributed by atoms with Gasteiger partial charge in [-0.05, 0) is 56.9 Å². The van der Waals surface area contributed by atoms with E-state index in [1.54, 1.807) is 13.0 Å². The van der Waals surface area contributed by atoms with Crippen molar-refractivity contribution in [3.63, 3.8) is 0 Å². The van der Waals surface area contributed by atoms with Gasteiger partial charge in [0.15, 0.2) is 0 Å². The molecule has 0 aromatic heterocycles. The number of anilines is 2. The lowest BCUT2D eigenvalue weighted by Gasteiger charge is -2.34. The lowest BCUT2D eigenvalue weighted by molar-refractivity contribution is -0.385. The molecule has 1 unspecified atom stereocenters. The van der Waals surface area contributed by atoms with E-state index in [0.717, 1.165) is 42.9 Å². The maximum atomic E-state index is 12.1. The van der Waals surface area contributed by atoms with Crippen LogP contribution in [0.25, 0.3) is 0 Å². The monoisotopic (exact) mass is 382 g/mol. The summed E-state index contributed by atoms with van der Waals surface area (Å²) in [6.07, 6.45) is 2.08. The Morgan fingerprint density at radius 1 is 1.21 bits per heavy atom. The third-order valence-electron chi connectivity index (χ3n) is 5.12. The minimum atomic E-state index is -0.352. The average Bonchev–Trinajstić information content (AvgIpc) is 2.68. The van der Waals surface area contributed by atoms with E-state index in [4.69, 9.17) is 0 Å². The minimum absolute atomic E-state index is 0.145. The number of piperidine rings is 1. The molecule has 7 nitrogen and oxygen atoms in total. The highest BCUT2D eigenvalue weighted by Crippen LogP contribution is 2.27. The molecule has 0 spiro atoms. The fourth-order valence-electron chi connectivity index (χ4n) is 3.56. The molecule has 2 amide bonds. The molecule has 1 aliphatic heterocycles. The van der Waals surface area contributed by atoms with Gasteiger partial charge in [-0.15, -0.1) is 0 Å². The fourth-order valence-corrected chi connectivity index (χ4v) is 3.56. The number of amides is 2. The first kappa shape index (κ1) is 19.7. The molecule has 148 valence electrons. The van der Waals surface area contributed by atoms with Crippen LogP contribution in [0.3, 0.4) is 0 Å². The van der Waals surface area contributed by atoms with E-state index in [1.165, 1.54) is 0 Å². The maximum Gasteiger partial charge on any atom is 0.319 e. The Hall–Kier alpha value is -3.09. The van der Waals surface area contributed by atoms with Crippen LogP contribution >= 0.6 is 0 Å². The molecular weight excluding hydrogens is 356 g/mol. The summed E-state index contributed by atoms with van der Waals surface area (Å²) >= 11 is 0. The van der Waals surface area contributed by atoms with Crippen molar-refractivity contribution in [1.29, 1.82) is 0 Å². The molecule has 0 saturated carbocycles. The summed E-state index contributed by atoms with van der Waals surface area (Å²) in [5.41, 5.74) is 3.73. The molecule has 1 atom stereocenters. The van der Waals surface area contributed by atoms with Crippen LogP contribution in [0.2, 0.25) is 0 Å². The first-order valence-corrected chi connectivity index (χ1v) is 9.54. The number of rotatable bonds is 5. The van der Waals surface area contributed by atoms with Gasteiger partial charge >= 0.3 is 6.03 Å². The zero-order valence-corrected chi connectivity index (χ0v) is 16.3. The van der Waals surface area contributed by atoms with Gasteiger partial charge in [0.25, 0.3) is 5.69 Å². The Kier molecular flexibility index (Phi) is 6.13. The summed E-state index contributed by atoms with van der Waals surface area (Å²) in [7, 11) is 0. The number of nitro groups is 1. The van der Waals surface area contributed by atoms with Crippen LogP contribution < -0.4 is 15.5 Å². The Balaban J connectivity index is 1.53. The van der Waals surface area contributed by atoms with Crippen LogP contribution in [-0.4, -0.2) is 30.6 Å². The molecule has 3 rings (SSSR count). The van der Waals surface area contributed by atoms with Crippen molar-refractivity contribution in [2.45, 2.75) is 26.7 Å². The third kappa shape index (κ3) is 5.00. The second kappa shape index (κ2) is 8.73. The molecule has 0 aliphatic carbocycles. The van der Waals surface area contributed by atoms with Crippen molar-refractivity contribution in [3.8, 4) is 0 Å². The lowest BCUT2D eigenvalue weighted by atomic mass is 9.97. The third-order valence-corrected chi connectivity index (χ3v) is 5.12. The summed E-state index contributed by atoms with van der Waals surface area (Å²) in [5.74, 6) is 0.341. The molecule has 2 N–H and O–H groups in total. The largest absolute Gasteiger partial charge is 0.371 e. The topological polar surface area (TPSA) is 87.5 Å². The van der Waals surface area contributed by atoms with Gasteiger partial charge in [0.05, 0.1) is 4.92 Å². The van der Waals surface area contributed by atoms with Crippen molar-refractivity contribution in [1.82, 2.24) is 5.32 Å². The number of hydrogen-bond acceptors (Lipinski definition) is 4. The van der Waals surface area contributed by atoms with Crippen LogP contribution in [0.4, 0.5) is 21.9 Å². The molecule has 7 heteroatoms. The standard InChI is InChI=1S/C21H26N4O3/c1-15-5-7-18(8-6-15)23-21(26)22-13-17-4-3-11-24(14-17)19-9-10-20(25(27)28)16(2)12-19/h5-10,12,17H,3-4,11,13-14H2,1-2H3,(H2,22,23,26). The van der Waals surface area contributed by atoms with E-state index in [1.807, 2.05) is 43.3 Å². The number of carbonyl (C=O) groups excluding carboxylic acids is 1. The Morgan fingerprint density at radius 3 is 2.64 bits per heavy atom. The van der Waals surface area contributed by atoms with Gasteiger partial charge in [-0.1, -0.05) is 17.7 Å². The first-order valence-electron chi connectivity index (χ1n) is 9.54. The number of carbonyl (C=O) groups is 1. The smallest absolute Gasteiger partial charge is 0.319 e. The average molecular weight is 382 g/mol. The summed E-state index contributed by atoms with van der Waals surface area (Å²) < 4.78 is 0. The lowest BCUT2D eigenvalue weighted by Crippen LogP contribution is -2.42. The van der Waals surface area contributed by atoms with Crippen LogP contribution in [0, 0.1) is 29.9 Å². The van der Waals surface area contributed by atoms with Crippen LogP contribution in [-0.2, 0) is 0 Å². The zero-order chi connectivity index (χ0) is 20.1. The summed E-state index contributed by atoms with van der Waals surface area (Å²) in [6.45, 7) is 6.11. The van der Waals surface area contributed by atoms with E-state index in [9.17, 15) is 14.9 Å². The van der Waals surface area contributed by atoms with Crippen molar-refractivity contribution < 1.29 is 9.72 Å². The Bertz CT molecular complexity index is 851. The molecule has 0 bridgehead atoms. The van der Waals surface area contributed by atoms with Crippen molar-refractivity contribution in [3.05, 3.63) is 63.7 Å². The predicted molar refractivity (Wildman–Crippen MR) is 111 cm³/mol. The molecule has 28 heavy (non-hydrogen) atoms. The SMILES string of the molecule is Cc1ccc(NC(=O)NCC2CCCN(c3ccc([N+](=O)[O-])c(C)c3)C2)cc1. The van der Waals surface area contributed by atoms with E-state index in [2.05, 4.69) is 15.5 Å². The van der Waals surface area contributed by atoms with Crippen LogP contribution in [0.5, 0.6) is 0 Å². The molecule has 1 heterocycles. The van der Waals surface area contributed by atoms with Gasteiger partial charge in [0.2, 0.25) is 0 Å². The van der Waals surface area contributed by atoms with Crippen molar-refractivity contribution in [2.75, 3.05) is 29.9 Å². The van der Waals surface area contributed by atoms with E-state index >= 15 is 0 Å². The molecular formula is C21H26N4O3. The normalized spacial score (nSPS) is 16.5. The van der Waals surface area contributed by atoms with Crippen LogP contribution in [0.1, 0.15) is 24.0 Å². The van der Waals surface area contributed by atoms with E-state index in [0.29, 0.717) is 18.0 Å². The maximum absolute atomic E-state index is 12.1. The number of benzene rings is 2. The summed E-state index contributed by atoms with van der Waals surface area (Å²) in [6, 6.07) is 12.7. The molecule has 2 aromatic carbocycles. The Labute approximate surface area is 164 Å². The molecule has 1 fully saturated rings. The second-order valence-electron chi connectivity index (χ2n) is 7.38. The predicted octanol–water partition coefficient (Wildman–Crippen LogP) is 4.25. The first-order chi connectivity index (χ1) is 13.4. The van der Waals surface area contributed by atoms with Gasteiger partial charge < -0.3 is 15.5 Å². The van der Waals surface area contributed by atoms with E-state index in [-0.39, 0.29) is 16.6 Å². The number of nitro benzene ring substituents is 1. The highest BCUT2D eigenvalue weighted by molar-refractivity contribution is 5.89. The van der Waals surface area contributed by atoms with Gasteiger partial charge in [0, 0.05) is 42.6 Å². The van der Waals surface area contributed by atoms with Gasteiger partial charge in [-0.3, -0.25) is 10.1 Å². The zero-order valence-electron chi connectivity index (χ0n) is 16.3. The number of aryl methyl sites for hydroxylation is 2. The van der Waals surface area contributed by atoms with Crippen molar-refractivity contribution in [2.24, 2.45) is 5.92 Å². The van der Waals surface area contributed by atoms with Crippen molar-refractivity contribution >= 4 is 23.1 Å². The summed E-state index contributed by atoms with van der Waals surface area (Å²) in [4.78, 5) is 25.0. The number of nitrogens with one attached hydrogen (secondary N) is 2. The van der Waals surface area contributed by atoms with Gasteiger partial charge in [0.1, 0.15) is 0 Å². The Morgan fingerprint density at radius 2 is 1.96 bits per heavy atom. The van der Waals surface area contributed by atoms with Gasteiger partial charge in [-0.25, -0.2) is 4.79 Å². The molecule has 2 aromatic rings. The second-order valence-corrected chi connectivity index (χ2v) is 7.38. The molecule has 0 radical (unpaired) electrons.